The van der Waals surface area contributed by atoms with Gasteiger partial charge < -0.3 is 15.2 Å². The molecule has 26 heavy (non-hydrogen) atoms. The molecule has 0 radical (unpaired) electrons. The maximum absolute atomic E-state index is 12.5. The van der Waals surface area contributed by atoms with Crippen molar-refractivity contribution in [2.45, 2.75) is 18.7 Å². The van der Waals surface area contributed by atoms with E-state index in [4.69, 9.17) is 9.84 Å². The van der Waals surface area contributed by atoms with Crippen LogP contribution in [-0.2, 0) is 9.84 Å². The van der Waals surface area contributed by atoms with Crippen molar-refractivity contribution in [3.05, 3.63) is 35.7 Å². The molecule has 0 bridgehead atoms. The fraction of sp³-hybridized carbons (Fsp3) is 0.294. The molecule has 0 saturated carbocycles. The van der Waals surface area contributed by atoms with Gasteiger partial charge in [-0.15, -0.1) is 0 Å². The lowest BCUT2D eigenvalue weighted by Gasteiger charge is -2.13. The second kappa shape index (κ2) is 6.93. The number of methoxy groups -OCH3 is 1. The van der Waals surface area contributed by atoms with Crippen LogP contribution in [0.25, 0.3) is 10.9 Å². The second-order valence-corrected chi connectivity index (χ2v) is 7.95. The number of sulfone groups is 1. The summed E-state index contributed by atoms with van der Waals surface area (Å²) >= 11 is 0. The number of aromatic amines is 1. The molecule has 0 amide bonds. The Morgan fingerprint density at radius 3 is 2.69 bits per heavy atom. The van der Waals surface area contributed by atoms with Crippen LogP contribution in [0.4, 0.5) is 11.5 Å². The van der Waals surface area contributed by atoms with E-state index in [1.807, 2.05) is 13.8 Å². The number of fused-ring (bicyclic) bond motifs is 1. The van der Waals surface area contributed by atoms with Gasteiger partial charge in [-0.3, -0.25) is 10.1 Å². The first-order chi connectivity index (χ1) is 12.4. The van der Waals surface area contributed by atoms with Gasteiger partial charge in [0.1, 0.15) is 10.6 Å². The molecule has 0 unspecified atom stereocenters. The minimum Gasteiger partial charge on any atom is -0.495 e. The molecule has 3 N–H and O–H groups in total. The van der Waals surface area contributed by atoms with E-state index in [1.54, 1.807) is 18.3 Å². The van der Waals surface area contributed by atoms with Crippen molar-refractivity contribution >= 4 is 32.2 Å². The number of anilines is 2. The predicted octanol–water partition coefficient (Wildman–Crippen LogP) is 2.09. The SMILES string of the molecule is COc1cc2nccc(Nc3n[nH]c(C)c3C)c2cc1S(=O)(=O)CCO. The van der Waals surface area contributed by atoms with Gasteiger partial charge in [0.05, 0.1) is 30.7 Å². The van der Waals surface area contributed by atoms with E-state index in [0.717, 1.165) is 11.3 Å². The summed E-state index contributed by atoms with van der Waals surface area (Å²) in [5.41, 5.74) is 3.17. The number of H-pyrrole nitrogens is 1. The lowest BCUT2D eigenvalue weighted by atomic mass is 10.1. The van der Waals surface area contributed by atoms with Crippen molar-refractivity contribution in [2.75, 3.05) is 24.8 Å². The molecule has 0 saturated heterocycles. The molecule has 2 heterocycles. The quantitative estimate of drug-likeness (QED) is 0.603. The van der Waals surface area contributed by atoms with Crippen LogP contribution in [0.2, 0.25) is 0 Å². The van der Waals surface area contributed by atoms with Crippen LogP contribution in [0.1, 0.15) is 11.3 Å². The van der Waals surface area contributed by atoms with E-state index in [0.29, 0.717) is 22.4 Å². The molecule has 9 heteroatoms. The van der Waals surface area contributed by atoms with Crippen LogP contribution < -0.4 is 10.1 Å². The van der Waals surface area contributed by atoms with E-state index in [1.165, 1.54) is 13.2 Å². The third-order valence-corrected chi connectivity index (χ3v) is 5.94. The lowest BCUT2D eigenvalue weighted by Crippen LogP contribution is -2.11. The number of aliphatic hydroxyl groups excluding tert-OH is 1. The summed E-state index contributed by atoms with van der Waals surface area (Å²) in [4.78, 5) is 4.32. The number of rotatable bonds is 6. The van der Waals surface area contributed by atoms with Gasteiger partial charge in [-0.1, -0.05) is 0 Å². The molecule has 2 aromatic heterocycles. The number of aromatic nitrogens is 3. The van der Waals surface area contributed by atoms with Gasteiger partial charge in [0.25, 0.3) is 0 Å². The van der Waals surface area contributed by atoms with Gasteiger partial charge in [0, 0.05) is 28.9 Å². The Balaban J connectivity index is 2.18. The Kier molecular flexibility index (Phi) is 4.84. The molecule has 0 aliphatic carbocycles. The van der Waals surface area contributed by atoms with Crippen LogP contribution in [-0.4, -0.2) is 48.2 Å². The monoisotopic (exact) mass is 376 g/mol. The molecule has 1 aromatic carbocycles. The second-order valence-electron chi connectivity index (χ2n) is 5.87. The van der Waals surface area contributed by atoms with Crippen LogP contribution in [0.15, 0.2) is 29.3 Å². The third kappa shape index (κ3) is 3.23. The van der Waals surface area contributed by atoms with E-state index >= 15 is 0 Å². The molecule has 0 aliphatic rings. The van der Waals surface area contributed by atoms with Crippen LogP contribution in [0, 0.1) is 13.8 Å². The molecule has 138 valence electrons. The number of benzene rings is 1. The van der Waals surface area contributed by atoms with Gasteiger partial charge >= 0.3 is 0 Å². The average Bonchev–Trinajstić information content (AvgIpc) is 2.93. The molecular formula is C17H20N4O4S. The maximum atomic E-state index is 12.5. The smallest absolute Gasteiger partial charge is 0.184 e. The molecule has 8 nitrogen and oxygen atoms in total. The van der Waals surface area contributed by atoms with Gasteiger partial charge in [-0.25, -0.2) is 8.42 Å². The first-order valence-corrected chi connectivity index (χ1v) is 9.61. The average molecular weight is 376 g/mol. The van der Waals surface area contributed by atoms with Gasteiger partial charge in [0.2, 0.25) is 0 Å². The molecule has 3 rings (SSSR count). The Morgan fingerprint density at radius 2 is 2.08 bits per heavy atom. The van der Waals surface area contributed by atoms with Gasteiger partial charge in [-0.2, -0.15) is 5.10 Å². The Labute approximate surface area is 151 Å². The molecule has 0 fully saturated rings. The van der Waals surface area contributed by atoms with E-state index in [-0.39, 0.29) is 16.4 Å². The normalized spacial score (nSPS) is 11.7. The number of ether oxygens (including phenoxy) is 1. The van der Waals surface area contributed by atoms with Crippen molar-refractivity contribution in [3.63, 3.8) is 0 Å². The van der Waals surface area contributed by atoms with Crippen molar-refractivity contribution in [3.8, 4) is 5.75 Å². The molecule has 3 aromatic rings. The Hall–Kier alpha value is -2.65. The van der Waals surface area contributed by atoms with Gasteiger partial charge in [0.15, 0.2) is 15.7 Å². The topological polar surface area (TPSA) is 117 Å². The number of pyridine rings is 1. The third-order valence-electron chi connectivity index (χ3n) is 4.23. The fourth-order valence-electron chi connectivity index (χ4n) is 2.63. The highest BCUT2D eigenvalue weighted by atomic mass is 32.2. The summed E-state index contributed by atoms with van der Waals surface area (Å²) in [6.45, 7) is 3.39. The highest BCUT2D eigenvalue weighted by molar-refractivity contribution is 7.91. The molecule has 0 spiro atoms. The van der Waals surface area contributed by atoms with Crippen molar-refractivity contribution in [2.24, 2.45) is 0 Å². The van der Waals surface area contributed by atoms with Crippen LogP contribution >= 0.6 is 0 Å². The highest BCUT2D eigenvalue weighted by Crippen LogP contribution is 2.34. The summed E-state index contributed by atoms with van der Waals surface area (Å²) in [6, 6.07) is 4.84. The number of aryl methyl sites for hydroxylation is 1. The zero-order valence-electron chi connectivity index (χ0n) is 14.7. The molecular weight excluding hydrogens is 356 g/mol. The number of hydrogen-bond donors (Lipinski definition) is 3. The minimum atomic E-state index is -3.69. The van der Waals surface area contributed by atoms with E-state index in [9.17, 15) is 8.42 Å². The standard InChI is InChI=1S/C17H20N4O4S/c1-10-11(2)20-21-17(10)19-13-4-5-18-14-9-15(25-3)16(8-12(13)14)26(23,24)7-6-22/h4-5,8-9,22H,6-7H2,1-3H3,(H2,18,19,20,21). The molecule has 0 atom stereocenters. The summed E-state index contributed by atoms with van der Waals surface area (Å²) in [5.74, 6) is 0.475. The number of nitrogens with one attached hydrogen (secondary N) is 2. The fourth-order valence-corrected chi connectivity index (χ4v) is 3.84. The van der Waals surface area contributed by atoms with Gasteiger partial charge in [-0.05, 0) is 26.0 Å². The largest absolute Gasteiger partial charge is 0.495 e. The molecule has 0 aliphatic heterocycles. The Bertz CT molecular complexity index is 1060. The van der Waals surface area contributed by atoms with Crippen LogP contribution in [0.5, 0.6) is 5.75 Å². The summed E-state index contributed by atoms with van der Waals surface area (Å²) < 4.78 is 30.2. The summed E-state index contributed by atoms with van der Waals surface area (Å²) in [7, 11) is -2.29. The first kappa shape index (κ1) is 18.2. The summed E-state index contributed by atoms with van der Waals surface area (Å²) in [5, 5.41) is 20.0. The first-order valence-electron chi connectivity index (χ1n) is 7.96. The van der Waals surface area contributed by atoms with Crippen molar-refractivity contribution in [1.29, 1.82) is 0 Å². The number of hydrogen-bond acceptors (Lipinski definition) is 7. The van der Waals surface area contributed by atoms with E-state index < -0.39 is 16.4 Å². The zero-order valence-corrected chi connectivity index (χ0v) is 15.5. The predicted molar refractivity (Wildman–Crippen MR) is 98.8 cm³/mol. The summed E-state index contributed by atoms with van der Waals surface area (Å²) in [6.07, 6.45) is 1.63. The van der Waals surface area contributed by atoms with Crippen molar-refractivity contribution < 1.29 is 18.3 Å². The number of nitrogens with zero attached hydrogens (tertiary/aromatic N) is 2. The van der Waals surface area contributed by atoms with Crippen molar-refractivity contribution in [1.82, 2.24) is 15.2 Å². The lowest BCUT2D eigenvalue weighted by molar-refractivity contribution is 0.319. The minimum absolute atomic E-state index is 0.0209. The highest BCUT2D eigenvalue weighted by Gasteiger charge is 2.21. The van der Waals surface area contributed by atoms with E-state index in [2.05, 4.69) is 20.5 Å². The zero-order chi connectivity index (χ0) is 18.9. The number of aliphatic hydroxyl groups is 1. The Morgan fingerprint density at radius 1 is 1.31 bits per heavy atom. The van der Waals surface area contributed by atoms with Crippen LogP contribution in [0.3, 0.4) is 0 Å². The maximum Gasteiger partial charge on any atom is 0.184 e.